The zero-order valence-electron chi connectivity index (χ0n) is 20.8. The van der Waals surface area contributed by atoms with Crippen molar-refractivity contribution >= 4 is 17.7 Å². The quantitative estimate of drug-likeness (QED) is 0.269. The molecule has 1 fully saturated rings. The van der Waals surface area contributed by atoms with Gasteiger partial charge < -0.3 is 14.6 Å². The maximum atomic E-state index is 14.2. The van der Waals surface area contributed by atoms with Crippen LogP contribution in [0.3, 0.4) is 0 Å². The van der Waals surface area contributed by atoms with Crippen LogP contribution in [0.5, 0.6) is 5.75 Å². The van der Waals surface area contributed by atoms with Crippen molar-refractivity contribution < 1.29 is 29.0 Å². The number of ketones is 1. The SMILES string of the molecule is COC(=O)C12C(=O)C(COc3ccc(CC(=O)O)cc3)NN1C(c1ccccc1)C=CC2c1ccccc1. The fraction of sp³-hybridized carbons (Fsp3) is 0.233. The number of carboxylic acids is 1. The molecule has 2 aliphatic heterocycles. The first-order valence-electron chi connectivity index (χ1n) is 12.3. The number of hydrogen-bond acceptors (Lipinski definition) is 7. The third-order valence-electron chi connectivity index (χ3n) is 7.07. The van der Waals surface area contributed by atoms with E-state index < -0.39 is 35.5 Å². The summed E-state index contributed by atoms with van der Waals surface area (Å²) in [6.45, 7) is -0.0324. The third kappa shape index (κ3) is 4.49. The molecule has 0 aromatic heterocycles. The second kappa shape index (κ2) is 10.6. The molecule has 1 saturated heterocycles. The van der Waals surface area contributed by atoms with Gasteiger partial charge in [-0.1, -0.05) is 84.9 Å². The molecule has 4 atom stereocenters. The molecule has 3 aromatic carbocycles. The monoisotopic (exact) mass is 512 g/mol. The van der Waals surface area contributed by atoms with E-state index in [4.69, 9.17) is 14.6 Å². The zero-order chi connectivity index (χ0) is 26.7. The molecule has 2 aliphatic rings. The van der Waals surface area contributed by atoms with E-state index in [0.29, 0.717) is 11.3 Å². The van der Waals surface area contributed by atoms with E-state index in [1.165, 1.54) is 7.11 Å². The van der Waals surface area contributed by atoms with E-state index in [9.17, 15) is 14.4 Å². The van der Waals surface area contributed by atoms with Gasteiger partial charge in [-0.2, -0.15) is 0 Å². The lowest BCUT2D eigenvalue weighted by molar-refractivity contribution is -0.161. The number of esters is 1. The third-order valence-corrected chi connectivity index (χ3v) is 7.07. The number of carboxylic acid groups (broad SMARTS) is 1. The van der Waals surface area contributed by atoms with Gasteiger partial charge >= 0.3 is 11.9 Å². The van der Waals surface area contributed by atoms with Gasteiger partial charge in [-0.3, -0.25) is 9.59 Å². The molecule has 0 bridgehead atoms. The largest absolute Gasteiger partial charge is 0.491 e. The number of carbonyl (C=O) groups excluding carboxylic acids is 2. The van der Waals surface area contributed by atoms with E-state index in [-0.39, 0.29) is 18.8 Å². The van der Waals surface area contributed by atoms with Crippen LogP contribution in [0.15, 0.2) is 97.1 Å². The number of Topliss-reactive ketones (excluding diaryl/α,β-unsaturated/α-hetero) is 1. The number of benzene rings is 3. The average Bonchev–Trinajstić information content (AvgIpc) is 3.25. The highest BCUT2D eigenvalue weighted by molar-refractivity contribution is 6.14. The van der Waals surface area contributed by atoms with Crippen LogP contribution in [0, 0.1) is 0 Å². The molecule has 4 unspecified atom stereocenters. The topological polar surface area (TPSA) is 105 Å². The van der Waals surface area contributed by atoms with E-state index in [2.05, 4.69) is 5.43 Å². The molecule has 2 N–H and O–H groups in total. The Morgan fingerprint density at radius 3 is 2.16 bits per heavy atom. The fourth-order valence-electron chi connectivity index (χ4n) is 5.33. The van der Waals surface area contributed by atoms with Crippen molar-refractivity contribution in [2.45, 2.75) is 30.0 Å². The number of nitrogens with one attached hydrogen (secondary N) is 1. The van der Waals surface area contributed by atoms with Gasteiger partial charge in [0.05, 0.1) is 19.6 Å². The molecule has 3 aromatic rings. The Morgan fingerprint density at radius 1 is 0.921 bits per heavy atom. The second-order valence-electron chi connectivity index (χ2n) is 9.33. The number of rotatable bonds is 8. The summed E-state index contributed by atoms with van der Waals surface area (Å²) in [6.07, 6.45) is 3.83. The van der Waals surface area contributed by atoms with Gasteiger partial charge in [0.2, 0.25) is 5.54 Å². The van der Waals surface area contributed by atoms with Gasteiger partial charge in [0.15, 0.2) is 5.78 Å². The summed E-state index contributed by atoms with van der Waals surface area (Å²) in [6, 6.07) is 24.5. The van der Waals surface area contributed by atoms with Crippen molar-refractivity contribution in [2.24, 2.45) is 0 Å². The van der Waals surface area contributed by atoms with Gasteiger partial charge in [-0.05, 0) is 28.8 Å². The lowest BCUT2D eigenvalue weighted by Gasteiger charge is -2.45. The predicted octanol–water partition coefficient (Wildman–Crippen LogP) is 3.46. The summed E-state index contributed by atoms with van der Waals surface area (Å²) in [5.74, 6) is -2.00. The number of fused-ring (bicyclic) bond motifs is 1. The van der Waals surface area contributed by atoms with Crippen molar-refractivity contribution in [1.29, 1.82) is 0 Å². The maximum Gasteiger partial charge on any atom is 0.336 e. The van der Waals surface area contributed by atoms with Crippen LogP contribution in [0.25, 0.3) is 0 Å². The molecule has 0 saturated carbocycles. The Kier molecular flexibility index (Phi) is 7.09. The van der Waals surface area contributed by atoms with Gasteiger partial charge in [-0.25, -0.2) is 15.2 Å². The minimum atomic E-state index is -1.65. The lowest BCUT2D eigenvalue weighted by Crippen LogP contribution is -2.63. The fourth-order valence-corrected chi connectivity index (χ4v) is 5.33. The predicted molar refractivity (Wildman–Crippen MR) is 139 cm³/mol. The number of ether oxygens (including phenoxy) is 2. The number of aliphatic carboxylic acids is 1. The average molecular weight is 513 g/mol. The maximum absolute atomic E-state index is 14.2. The van der Waals surface area contributed by atoms with Crippen LogP contribution in [0.1, 0.15) is 28.7 Å². The van der Waals surface area contributed by atoms with E-state index >= 15 is 0 Å². The molecule has 0 radical (unpaired) electrons. The molecule has 0 amide bonds. The van der Waals surface area contributed by atoms with Gasteiger partial charge in [-0.15, -0.1) is 0 Å². The second-order valence-corrected chi connectivity index (χ2v) is 9.33. The van der Waals surface area contributed by atoms with E-state index in [1.807, 2.05) is 72.8 Å². The molecule has 0 aliphatic carbocycles. The molecule has 194 valence electrons. The minimum absolute atomic E-state index is 0.0324. The smallest absolute Gasteiger partial charge is 0.336 e. The highest BCUT2D eigenvalue weighted by atomic mass is 16.5. The van der Waals surface area contributed by atoms with Crippen LogP contribution in [-0.2, 0) is 25.5 Å². The zero-order valence-corrected chi connectivity index (χ0v) is 20.8. The van der Waals surface area contributed by atoms with Crippen LogP contribution >= 0.6 is 0 Å². The molecule has 0 spiro atoms. The van der Waals surface area contributed by atoms with Crippen LogP contribution in [-0.4, -0.2) is 53.1 Å². The summed E-state index contributed by atoms with van der Waals surface area (Å²) in [5, 5.41) is 10.7. The number of hydrogen-bond donors (Lipinski definition) is 2. The Hall–Kier alpha value is -4.27. The first kappa shape index (κ1) is 25.4. The van der Waals surface area contributed by atoms with E-state index in [0.717, 1.165) is 11.1 Å². The highest BCUT2D eigenvalue weighted by Crippen LogP contribution is 2.48. The molecule has 5 rings (SSSR count). The standard InChI is InChI=1S/C30H28N2O6/c1-37-29(36)30-24(21-8-4-2-5-9-21)16-17-26(22-10-6-3-7-11-22)32(30)31-25(28(30)35)19-38-23-14-12-20(13-15-23)18-27(33)34/h2-17,24-26,31H,18-19H2,1H3,(H,33,34). The normalized spacial score (nSPS) is 24.6. The van der Waals surface area contributed by atoms with Crippen molar-refractivity contribution in [2.75, 3.05) is 13.7 Å². The summed E-state index contributed by atoms with van der Waals surface area (Å²) in [7, 11) is 1.29. The Morgan fingerprint density at radius 2 is 1.55 bits per heavy atom. The van der Waals surface area contributed by atoms with Gasteiger partial charge in [0.1, 0.15) is 18.4 Å². The Labute approximate surface area is 220 Å². The first-order valence-corrected chi connectivity index (χ1v) is 12.3. The summed E-state index contributed by atoms with van der Waals surface area (Å²) in [5.41, 5.74) is 4.01. The number of nitrogens with zero attached hydrogens (tertiary/aromatic N) is 1. The van der Waals surface area contributed by atoms with E-state index in [1.54, 1.807) is 29.3 Å². The summed E-state index contributed by atoms with van der Waals surface area (Å²) >= 11 is 0. The van der Waals surface area contributed by atoms with Crippen molar-refractivity contribution in [1.82, 2.24) is 10.4 Å². The van der Waals surface area contributed by atoms with Gasteiger partial charge in [0, 0.05) is 5.92 Å². The van der Waals surface area contributed by atoms with Crippen molar-refractivity contribution in [3.05, 3.63) is 114 Å². The molecule has 2 heterocycles. The number of methoxy groups -OCH3 is 1. The van der Waals surface area contributed by atoms with Crippen molar-refractivity contribution in [3.63, 3.8) is 0 Å². The van der Waals surface area contributed by atoms with Crippen LogP contribution in [0.2, 0.25) is 0 Å². The number of hydrazine groups is 1. The lowest BCUT2D eigenvalue weighted by atomic mass is 9.72. The molecule has 8 nitrogen and oxygen atoms in total. The minimum Gasteiger partial charge on any atom is -0.491 e. The molecular formula is C30H28N2O6. The highest BCUT2D eigenvalue weighted by Gasteiger charge is 2.66. The Bertz CT molecular complexity index is 1340. The molecular weight excluding hydrogens is 484 g/mol. The first-order chi connectivity index (χ1) is 18.4. The van der Waals surface area contributed by atoms with Gasteiger partial charge in [0.25, 0.3) is 0 Å². The Balaban J connectivity index is 1.50. The summed E-state index contributed by atoms with van der Waals surface area (Å²) in [4.78, 5) is 38.8. The summed E-state index contributed by atoms with van der Waals surface area (Å²) < 4.78 is 11.2. The number of carbonyl (C=O) groups is 3. The molecule has 38 heavy (non-hydrogen) atoms. The van der Waals surface area contributed by atoms with Crippen LogP contribution < -0.4 is 10.2 Å². The van der Waals surface area contributed by atoms with Crippen LogP contribution in [0.4, 0.5) is 0 Å². The molecule has 8 heteroatoms. The van der Waals surface area contributed by atoms with Crippen molar-refractivity contribution in [3.8, 4) is 5.75 Å².